The van der Waals surface area contributed by atoms with E-state index in [2.05, 4.69) is 17.1 Å². The van der Waals surface area contributed by atoms with Crippen LogP contribution in [-0.4, -0.2) is 14.9 Å². The normalized spacial score (nSPS) is 17.6. The van der Waals surface area contributed by atoms with E-state index in [1.54, 1.807) is 0 Å². The molecule has 0 spiro atoms. The molecule has 90 valence electrons. The molecule has 2 aromatic heterocycles. The number of hydrogen-bond donors (Lipinski definition) is 1. The van der Waals surface area contributed by atoms with E-state index in [0.717, 1.165) is 24.2 Å². The Balaban J connectivity index is 1.88. The van der Waals surface area contributed by atoms with E-state index in [-0.39, 0.29) is 5.54 Å². The van der Waals surface area contributed by atoms with Crippen LogP contribution in [0.4, 0.5) is 0 Å². The zero-order valence-electron chi connectivity index (χ0n) is 9.91. The standard InChI is InChI=1S/C13H16ClN3/c1-9-16-12(14)11-8-10(3-7-17(9)11)2-4-13(15)5-6-13/h3,7-8H,2,4-6,15H2,1H3. The lowest BCUT2D eigenvalue weighted by molar-refractivity contribution is 0.609. The molecular formula is C13H16ClN3. The van der Waals surface area contributed by atoms with Crippen molar-refractivity contribution in [3.63, 3.8) is 0 Å². The van der Waals surface area contributed by atoms with E-state index < -0.39 is 0 Å². The molecule has 4 heteroatoms. The molecule has 0 radical (unpaired) electrons. The number of imidazole rings is 1. The van der Waals surface area contributed by atoms with E-state index >= 15 is 0 Å². The fourth-order valence-electron chi connectivity index (χ4n) is 2.20. The van der Waals surface area contributed by atoms with E-state index in [1.165, 1.54) is 18.4 Å². The Labute approximate surface area is 106 Å². The highest BCUT2D eigenvalue weighted by Crippen LogP contribution is 2.36. The number of halogens is 1. The van der Waals surface area contributed by atoms with Gasteiger partial charge in [0.15, 0.2) is 5.15 Å². The molecule has 1 saturated carbocycles. The summed E-state index contributed by atoms with van der Waals surface area (Å²) in [5.41, 5.74) is 8.49. The quantitative estimate of drug-likeness (QED) is 0.909. The summed E-state index contributed by atoms with van der Waals surface area (Å²) < 4.78 is 2.02. The maximum Gasteiger partial charge on any atom is 0.155 e. The molecule has 0 atom stereocenters. The van der Waals surface area contributed by atoms with Crippen LogP contribution >= 0.6 is 11.6 Å². The van der Waals surface area contributed by atoms with Crippen LogP contribution in [0.25, 0.3) is 5.52 Å². The Bertz CT molecular complexity index is 569. The number of rotatable bonds is 3. The minimum atomic E-state index is 0.117. The van der Waals surface area contributed by atoms with Crippen molar-refractivity contribution in [2.24, 2.45) is 5.73 Å². The summed E-state index contributed by atoms with van der Waals surface area (Å²) >= 11 is 6.10. The predicted molar refractivity (Wildman–Crippen MR) is 69.4 cm³/mol. The lowest BCUT2D eigenvalue weighted by Gasteiger charge is -2.08. The third-order valence-electron chi connectivity index (χ3n) is 3.64. The zero-order chi connectivity index (χ0) is 12.0. The van der Waals surface area contributed by atoms with Crippen molar-refractivity contribution in [1.82, 2.24) is 9.38 Å². The molecule has 1 aliphatic carbocycles. The number of fused-ring (bicyclic) bond motifs is 1. The predicted octanol–water partition coefficient (Wildman–Crippen LogP) is 2.72. The van der Waals surface area contributed by atoms with Crippen LogP contribution in [0.2, 0.25) is 5.15 Å². The molecule has 2 heterocycles. The second-order valence-electron chi connectivity index (χ2n) is 5.10. The lowest BCUT2D eigenvalue weighted by Crippen LogP contribution is -2.22. The summed E-state index contributed by atoms with van der Waals surface area (Å²) in [4.78, 5) is 4.26. The second-order valence-corrected chi connectivity index (χ2v) is 5.46. The molecule has 0 aromatic carbocycles. The zero-order valence-corrected chi connectivity index (χ0v) is 10.7. The molecule has 0 amide bonds. The van der Waals surface area contributed by atoms with Gasteiger partial charge in [0, 0.05) is 11.7 Å². The molecule has 2 aromatic rings. The van der Waals surface area contributed by atoms with Gasteiger partial charge in [0.1, 0.15) is 5.82 Å². The van der Waals surface area contributed by atoms with Gasteiger partial charge in [-0.3, -0.25) is 0 Å². The van der Waals surface area contributed by atoms with E-state index in [0.29, 0.717) is 5.15 Å². The number of nitrogens with two attached hydrogens (primary N) is 1. The molecule has 0 bridgehead atoms. The number of nitrogens with zero attached hydrogens (tertiary/aromatic N) is 2. The smallest absolute Gasteiger partial charge is 0.155 e. The Hall–Kier alpha value is -1.06. The van der Waals surface area contributed by atoms with Crippen LogP contribution in [-0.2, 0) is 6.42 Å². The third kappa shape index (κ3) is 2.05. The van der Waals surface area contributed by atoms with Crippen molar-refractivity contribution in [3.8, 4) is 0 Å². The van der Waals surface area contributed by atoms with Crippen LogP contribution in [0.5, 0.6) is 0 Å². The van der Waals surface area contributed by atoms with Crippen molar-refractivity contribution < 1.29 is 0 Å². The summed E-state index contributed by atoms with van der Waals surface area (Å²) in [5, 5.41) is 0.582. The fourth-order valence-corrected chi connectivity index (χ4v) is 2.47. The summed E-state index contributed by atoms with van der Waals surface area (Å²) in [6.07, 6.45) is 6.46. The highest BCUT2D eigenvalue weighted by molar-refractivity contribution is 6.32. The van der Waals surface area contributed by atoms with Gasteiger partial charge in [-0.1, -0.05) is 11.6 Å². The average Bonchev–Trinajstić information content (AvgIpc) is 2.98. The highest BCUT2D eigenvalue weighted by Gasteiger charge is 2.37. The number of aromatic nitrogens is 2. The molecule has 2 N–H and O–H groups in total. The lowest BCUT2D eigenvalue weighted by atomic mass is 10.1. The van der Waals surface area contributed by atoms with E-state index in [4.69, 9.17) is 17.3 Å². The third-order valence-corrected chi connectivity index (χ3v) is 3.92. The molecule has 1 fully saturated rings. The van der Waals surface area contributed by atoms with Gasteiger partial charge >= 0.3 is 0 Å². The molecule has 3 nitrogen and oxygen atoms in total. The Morgan fingerprint density at radius 2 is 2.29 bits per heavy atom. The van der Waals surface area contributed by atoms with Crippen LogP contribution < -0.4 is 5.73 Å². The van der Waals surface area contributed by atoms with Gasteiger partial charge in [-0.2, -0.15) is 0 Å². The van der Waals surface area contributed by atoms with Gasteiger partial charge in [-0.15, -0.1) is 0 Å². The summed E-state index contributed by atoms with van der Waals surface area (Å²) in [6.45, 7) is 1.96. The first-order valence-corrected chi connectivity index (χ1v) is 6.37. The number of pyridine rings is 1. The number of aryl methyl sites for hydroxylation is 2. The minimum absolute atomic E-state index is 0.117. The first kappa shape index (κ1) is 11.1. The largest absolute Gasteiger partial charge is 0.325 e. The topological polar surface area (TPSA) is 43.3 Å². The summed E-state index contributed by atoms with van der Waals surface area (Å²) in [6, 6.07) is 4.25. The van der Waals surface area contributed by atoms with Crippen LogP contribution in [0.1, 0.15) is 30.7 Å². The molecule has 0 unspecified atom stereocenters. The summed E-state index contributed by atoms with van der Waals surface area (Å²) in [7, 11) is 0. The summed E-state index contributed by atoms with van der Waals surface area (Å²) in [5.74, 6) is 0.925. The SMILES string of the molecule is Cc1nc(Cl)c2cc(CCC3(N)CC3)ccn12. The van der Waals surface area contributed by atoms with E-state index in [9.17, 15) is 0 Å². The fraction of sp³-hybridized carbons (Fsp3) is 0.462. The molecule has 1 aliphatic rings. The molecular weight excluding hydrogens is 234 g/mol. The molecule has 0 aliphatic heterocycles. The van der Waals surface area contributed by atoms with Gasteiger partial charge in [0.2, 0.25) is 0 Å². The van der Waals surface area contributed by atoms with Gasteiger partial charge in [-0.25, -0.2) is 4.98 Å². The van der Waals surface area contributed by atoms with Crippen molar-refractivity contribution in [2.75, 3.05) is 0 Å². The second kappa shape index (κ2) is 3.72. The van der Waals surface area contributed by atoms with Crippen LogP contribution in [0.3, 0.4) is 0 Å². The molecule has 0 saturated heterocycles. The van der Waals surface area contributed by atoms with Gasteiger partial charge in [-0.05, 0) is 50.3 Å². The highest BCUT2D eigenvalue weighted by atomic mass is 35.5. The van der Waals surface area contributed by atoms with Crippen molar-refractivity contribution in [2.45, 2.75) is 38.1 Å². The molecule has 17 heavy (non-hydrogen) atoms. The van der Waals surface area contributed by atoms with Gasteiger partial charge in [0.05, 0.1) is 5.52 Å². The van der Waals surface area contributed by atoms with Crippen LogP contribution in [0.15, 0.2) is 18.3 Å². The monoisotopic (exact) mass is 249 g/mol. The maximum absolute atomic E-state index is 6.10. The van der Waals surface area contributed by atoms with Gasteiger partial charge < -0.3 is 10.1 Å². The Kier molecular flexibility index (Phi) is 2.42. The van der Waals surface area contributed by atoms with Crippen molar-refractivity contribution in [1.29, 1.82) is 0 Å². The van der Waals surface area contributed by atoms with E-state index in [1.807, 2.05) is 17.5 Å². The average molecular weight is 250 g/mol. The maximum atomic E-state index is 6.10. The first-order valence-electron chi connectivity index (χ1n) is 5.99. The number of hydrogen-bond acceptors (Lipinski definition) is 2. The van der Waals surface area contributed by atoms with Crippen molar-refractivity contribution in [3.05, 3.63) is 34.9 Å². The molecule has 3 rings (SSSR count). The minimum Gasteiger partial charge on any atom is -0.325 e. The van der Waals surface area contributed by atoms with Gasteiger partial charge in [0.25, 0.3) is 0 Å². The first-order chi connectivity index (χ1) is 8.07. The Morgan fingerprint density at radius 3 is 3.00 bits per heavy atom. The van der Waals surface area contributed by atoms with Crippen LogP contribution in [0, 0.1) is 6.92 Å². The van der Waals surface area contributed by atoms with Crippen molar-refractivity contribution >= 4 is 17.1 Å². The Morgan fingerprint density at radius 1 is 1.53 bits per heavy atom.